The van der Waals surface area contributed by atoms with Gasteiger partial charge in [-0.15, -0.1) is 0 Å². The van der Waals surface area contributed by atoms with Crippen molar-refractivity contribution >= 4 is 11.9 Å². The van der Waals surface area contributed by atoms with E-state index in [1.807, 2.05) is 13.8 Å². The Morgan fingerprint density at radius 1 is 1.06 bits per heavy atom. The summed E-state index contributed by atoms with van der Waals surface area (Å²) in [6, 6.07) is 0. The maximum atomic E-state index is 11.1. The quantitative estimate of drug-likeness (QED) is 0.693. The van der Waals surface area contributed by atoms with Gasteiger partial charge in [-0.2, -0.15) is 0 Å². The van der Waals surface area contributed by atoms with Gasteiger partial charge in [-0.25, -0.2) is 0 Å². The minimum Gasteiger partial charge on any atom is -0.435 e. The first-order chi connectivity index (χ1) is 8.29. The van der Waals surface area contributed by atoms with E-state index in [2.05, 4.69) is 0 Å². The van der Waals surface area contributed by atoms with Crippen molar-refractivity contribution in [2.75, 3.05) is 0 Å². The van der Waals surface area contributed by atoms with Gasteiger partial charge in [0.1, 0.15) is 0 Å². The number of hydrogen-bond acceptors (Lipinski definition) is 6. The summed E-state index contributed by atoms with van der Waals surface area (Å²) in [5, 5.41) is 0. The van der Waals surface area contributed by atoms with Crippen LogP contribution in [0.1, 0.15) is 34.1 Å². The van der Waals surface area contributed by atoms with Crippen LogP contribution in [0.15, 0.2) is 0 Å². The summed E-state index contributed by atoms with van der Waals surface area (Å²) in [6.45, 7) is 6.67. The van der Waals surface area contributed by atoms with E-state index in [1.165, 1.54) is 13.8 Å². The van der Waals surface area contributed by atoms with Crippen molar-refractivity contribution in [3.05, 3.63) is 0 Å². The van der Waals surface area contributed by atoms with Gasteiger partial charge in [-0.3, -0.25) is 9.59 Å². The molecule has 3 aliphatic rings. The van der Waals surface area contributed by atoms with Gasteiger partial charge in [0.05, 0.1) is 5.92 Å². The van der Waals surface area contributed by atoms with Crippen LogP contribution in [0.4, 0.5) is 0 Å². The van der Waals surface area contributed by atoms with Gasteiger partial charge in [0.2, 0.25) is 12.6 Å². The number of fused-ring (bicyclic) bond motifs is 3. The summed E-state index contributed by atoms with van der Waals surface area (Å²) in [5.41, 5.74) is -0.193. The zero-order valence-electron chi connectivity index (χ0n) is 11.0. The number of carbonyl (C=O) groups is 2. The van der Waals surface area contributed by atoms with Crippen LogP contribution in [0.25, 0.3) is 0 Å². The van der Waals surface area contributed by atoms with Crippen molar-refractivity contribution in [2.45, 2.75) is 53.0 Å². The fraction of sp³-hybridized carbons (Fsp3) is 0.833. The van der Waals surface area contributed by atoms with Gasteiger partial charge in [0.15, 0.2) is 6.29 Å². The molecule has 3 fully saturated rings. The van der Waals surface area contributed by atoms with E-state index in [0.717, 1.165) is 0 Å². The van der Waals surface area contributed by atoms with Crippen LogP contribution in [0.2, 0.25) is 0 Å². The van der Waals surface area contributed by atoms with Gasteiger partial charge >= 0.3 is 11.9 Å². The molecule has 2 bridgehead atoms. The predicted octanol–water partition coefficient (Wildman–Crippen LogP) is 1.18. The number of carbonyl (C=O) groups excluding carboxylic acids is 2. The molecule has 3 aliphatic heterocycles. The third-order valence-corrected chi connectivity index (χ3v) is 3.32. The number of hydrogen-bond donors (Lipinski definition) is 0. The van der Waals surface area contributed by atoms with E-state index >= 15 is 0 Å². The summed E-state index contributed by atoms with van der Waals surface area (Å²) >= 11 is 0. The molecule has 0 aromatic carbocycles. The third-order valence-electron chi connectivity index (χ3n) is 3.32. The molecule has 6 nitrogen and oxygen atoms in total. The molecule has 3 rings (SSSR count). The Balaban J connectivity index is 2.20. The number of esters is 2. The lowest BCUT2D eigenvalue weighted by atomic mass is 9.71. The first-order valence-corrected chi connectivity index (χ1v) is 5.95. The minimum atomic E-state index is -0.727. The van der Waals surface area contributed by atoms with Crippen LogP contribution in [0.3, 0.4) is 0 Å². The predicted molar refractivity (Wildman–Crippen MR) is 59.0 cm³/mol. The second-order valence-corrected chi connectivity index (χ2v) is 5.38. The molecule has 0 amide bonds. The molecule has 0 aromatic rings. The summed E-state index contributed by atoms with van der Waals surface area (Å²) in [6.07, 6.45) is -1.30. The van der Waals surface area contributed by atoms with Crippen LogP contribution < -0.4 is 0 Å². The highest BCUT2D eigenvalue weighted by Gasteiger charge is 2.57. The molecule has 3 saturated heterocycles. The Labute approximate surface area is 106 Å². The van der Waals surface area contributed by atoms with Crippen molar-refractivity contribution in [1.82, 2.24) is 0 Å². The van der Waals surface area contributed by atoms with E-state index < -0.39 is 30.8 Å². The molecule has 0 N–H and O–H groups in total. The SMILES string of the molecule is CC(=O)O[C@@H]1OC2CC(C)(C)C1[C@@H](OC(C)=O)O2. The van der Waals surface area contributed by atoms with Gasteiger partial charge in [-0.1, -0.05) is 13.8 Å². The van der Waals surface area contributed by atoms with Crippen LogP contribution >= 0.6 is 0 Å². The minimum absolute atomic E-state index is 0.193. The Kier molecular flexibility index (Phi) is 3.33. The molecule has 0 aliphatic carbocycles. The molecular formula is C12H18O6. The van der Waals surface area contributed by atoms with Gasteiger partial charge in [0.25, 0.3) is 0 Å². The second kappa shape index (κ2) is 4.51. The fourth-order valence-electron chi connectivity index (χ4n) is 2.56. The van der Waals surface area contributed by atoms with Crippen molar-refractivity contribution in [3.8, 4) is 0 Å². The van der Waals surface area contributed by atoms with E-state index in [1.54, 1.807) is 0 Å². The standard InChI is InChI=1S/C12H18O6/c1-6(13)15-10-9-11(16-7(2)14)18-8(17-10)5-12(9,3)4/h8-11H,5H2,1-4H3/t8?,9?,10-,11+. The van der Waals surface area contributed by atoms with Gasteiger partial charge in [-0.05, 0) is 5.41 Å². The fourth-order valence-corrected chi connectivity index (χ4v) is 2.56. The van der Waals surface area contributed by atoms with E-state index in [9.17, 15) is 9.59 Å². The third kappa shape index (κ3) is 2.49. The first-order valence-electron chi connectivity index (χ1n) is 5.95. The molecule has 18 heavy (non-hydrogen) atoms. The van der Waals surface area contributed by atoms with Crippen LogP contribution in [-0.2, 0) is 28.5 Å². The maximum absolute atomic E-state index is 11.1. The van der Waals surface area contributed by atoms with Crippen LogP contribution in [-0.4, -0.2) is 30.8 Å². The maximum Gasteiger partial charge on any atom is 0.304 e. The molecule has 4 atom stereocenters. The summed E-state index contributed by atoms with van der Waals surface area (Å²) in [5.74, 6) is -1.18. The number of rotatable bonds is 2. The molecular weight excluding hydrogens is 240 g/mol. The highest BCUT2D eigenvalue weighted by Crippen LogP contribution is 2.49. The lowest BCUT2D eigenvalue weighted by Crippen LogP contribution is -2.60. The van der Waals surface area contributed by atoms with Crippen molar-refractivity contribution in [2.24, 2.45) is 11.3 Å². The molecule has 3 heterocycles. The van der Waals surface area contributed by atoms with Crippen LogP contribution in [0, 0.1) is 11.3 Å². The summed E-state index contributed by atoms with van der Waals surface area (Å²) in [7, 11) is 0. The van der Waals surface area contributed by atoms with Crippen molar-refractivity contribution in [1.29, 1.82) is 0 Å². The molecule has 0 aromatic heterocycles. The lowest BCUT2D eigenvalue weighted by molar-refractivity contribution is -0.413. The molecule has 102 valence electrons. The van der Waals surface area contributed by atoms with Gasteiger partial charge < -0.3 is 18.9 Å². The Bertz CT molecular complexity index is 338. The molecule has 6 heteroatoms. The average molecular weight is 258 g/mol. The smallest absolute Gasteiger partial charge is 0.304 e. The van der Waals surface area contributed by atoms with Crippen molar-refractivity contribution < 1.29 is 28.5 Å². The Hall–Kier alpha value is -1.14. The highest BCUT2D eigenvalue weighted by atomic mass is 16.8. The van der Waals surface area contributed by atoms with Crippen LogP contribution in [0.5, 0.6) is 0 Å². The average Bonchev–Trinajstić information content (AvgIpc) is 2.11. The topological polar surface area (TPSA) is 71.1 Å². The monoisotopic (exact) mass is 258 g/mol. The zero-order chi connectivity index (χ0) is 13.5. The van der Waals surface area contributed by atoms with E-state index in [-0.39, 0.29) is 11.3 Å². The second-order valence-electron chi connectivity index (χ2n) is 5.38. The van der Waals surface area contributed by atoms with Gasteiger partial charge in [0, 0.05) is 20.3 Å². The molecule has 0 spiro atoms. The zero-order valence-corrected chi connectivity index (χ0v) is 11.0. The highest BCUT2D eigenvalue weighted by molar-refractivity contribution is 5.66. The number of ether oxygens (including phenoxy) is 4. The van der Waals surface area contributed by atoms with E-state index in [0.29, 0.717) is 6.42 Å². The molecule has 0 radical (unpaired) electrons. The lowest BCUT2D eigenvalue weighted by Gasteiger charge is -2.53. The first kappa shape index (κ1) is 13.3. The Morgan fingerprint density at radius 3 is 1.83 bits per heavy atom. The van der Waals surface area contributed by atoms with E-state index in [4.69, 9.17) is 18.9 Å². The largest absolute Gasteiger partial charge is 0.435 e. The Morgan fingerprint density at radius 2 is 1.50 bits per heavy atom. The molecule has 2 unspecified atom stereocenters. The summed E-state index contributed by atoms with van der Waals surface area (Å²) in [4.78, 5) is 22.2. The van der Waals surface area contributed by atoms with Crippen molar-refractivity contribution in [3.63, 3.8) is 0 Å². The molecule has 0 saturated carbocycles. The summed E-state index contributed by atoms with van der Waals surface area (Å²) < 4.78 is 21.3. The normalized spacial score (nSPS) is 37.1.